The standard InChI is InChI=1S/C11H19NO4/c1-8(11(14)15)7-12(2)10(13)9-5-3-4-6-16-9/h8-9H,3-7H2,1-2H3,(H,14,15). The summed E-state index contributed by atoms with van der Waals surface area (Å²) in [5.41, 5.74) is 0. The van der Waals surface area contributed by atoms with Crippen molar-refractivity contribution in [2.45, 2.75) is 32.3 Å². The predicted octanol–water partition coefficient (Wildman–Crippen LogP) is 0.735. The second-order valence-electron chi connectivity index (χ2n) is 4.31. The number of ether oxygens (including phenoxy) is 1. The first-order valence-electron chi connectivity index (χ1n) is 5.61. The van der Waals surface area contributed by atoms with E-state index in [1.165, 1.54) is 4.90 Å². The molecule has 1 rings (SSSR count). The first-order chi connectivity index (χ1) is 7.52. The Hall–Kier alpha value is -1.10. The number of hydrogen-bond acceptors (Lipinski definition) is 3. The van der Waals surface area contributed by atoms with E-state index < -0.39 is 11.9 Å². The molecular weight excluding hydrogens is 210 g/mol. The number of amides is 1. The van der Waals surface area contributed by atoms with Crippen LogP contribution in [0.3, 0.4) is 0 Å². The molecule has 2 unspecified atom stereocenters. The minimum Gasteiger partial charge on any atom is -0.481 e. The summed E-state index contributed by atoms with van der Waals surface area (Å²) in [5, 5.41) is 8.75. The van der Waals surface area contributed by atoms with E-state index in [-0.39, 0.29) is 18.6 Å². The highest BCUT2D eigenvalue weighted by Gasteiger charge is 2.26. The molecule has 5 nitrogen and oxygen atoms in total. The smallest absolute Gasteiger partial charge is 0.308 e. The van der Waals surface area contributed by atoms with Gasteiger partial charge in [-0.15, -0.1) is 0 Å². The molecule has 0 aromatic rings. The maximum atomic E-state index is 11.9. The summed E-state index contributed by atoms with van der Waals surface area (Å²) in [6.07, 6.45) is 2.36. The summed E-state index contributed by atoms with van der Waals surface area (Å²) in [5.74, 6) is -1.53. The second-order valence-corrected chi connectivity index (χ2v) is 4.31. The molecule has 1 heterocycles. The van der Waals surface area contributed by atoms with E-state index in [4.69, 9.17) is 9.84 Å². The van der Waals surface area contributed by atoms with Gasteiger partial charge in [-0.2, -0.15) is 0 Å². The Kier molecular flexibility index (Phi) is 4.73. The molecule has 1 aliphatic rings. The van der Waals surface area contributed by atoms with Crippen molar-refractivity contribution < 1.29 is 19.4 Å². The van der Waals surface area contributed by atoms with Gasteiger partial charge in [0.2, 0.25) is 0 Å². The van der Waals surface area contributed by atoms with Crippen molar-refractivity contribution in [3.63, 3.8) is 0 Å². The highest BCUT2D eigenvalue weighted by atomic mass is 16.5. The van der Waals surface area contributed by atoms with Crippen molar-refractivity contribution in [2.75, 3.05) is 20.2 Å². The summed E-state index contributed by atoms with van der Waals surface area (Å²) in [6.45, 7) is 2.45. The Morgan fingerprint density at radius 2 is 2.19 bits per heavy atom. The topological polar surface area (TPSA) is 66.8 Å². The van der Waals surface area contributed by atoms with E-state index >= 15 is 0 Å². The van der Waals surface area contributed by atoms with Crippen molar-refractivity contribution in [1.82, 2.24) is 4.90 Å². The van der Waals surface area contributed by atoms with E-state index in [0.29, 0.717) is 6.61 Å². The van der Waals surface area contributed by atoms with Crippen LogP contribution in [0, 0.1) is 5.92 Å². The summed E-state index contributed by atoms with van der Waals surface area (Å²) in [7, 11) is 1.62. The highest BCUT2D eigenvalue weighted by molar-refractivity contribution is 5.81. The first kappa shape index (κ1) is 13.0. The van der Waals surface area contributed by atoms with Gasteiger partial charge in [0.1, 0.15) is 6.10 Å². The SMILES string of the molecule is CC(CN(C)C(=O)C1CCCCO1)C(=O)O. The Bertz CT molecular complexity index is 261. The molecule has 0 radical (unpaired) electrons. The quantitative estimate of drug-likeness (QED) is 0.772. The third kappa shape index (κ3) is 3.48. The molecule has 5 heteroatoms. The fourth-order valence-corrected chi connectivity index (χ4v) is 1.76. The predicted molar refractivity (Wildman–Crippen MR) is 58.0 cm³/mol. The molecule has 0 saturated carbocycles. The third-order valence-electron chi connectivity index (χ3n) is 2.80. The van der Waals surface area contributed by atoms with Crippen LogP contribution in [0.5, 0.6) is 0 Å². The van der Waals surface area contributed by atoms with Crippen LogP contribution in [-0.2, 0) is 14.3 Å². The summed E-state index contributed by atoms with van der Waals surface area (Å²) < 4.78 is 5.36. The first-order valence-corrected chi connectivity index (χ1v) is 5.61. The van der Waals surface area contributed by atoms with Crippen LogP contribution in [0.1, 0.15) is 26.2 Å². The fraction of sp³-hybridized carbons (Fsp3) is 0.818. The molecular formula is C11H19NO4. The largest absolute Gasteiger partial charge is 0.481 e. The third-order valence-corrected chi connectivity index (χ3v) is 2.80. The van der Waals surface area contributed by atoms with Crippen LogP contribution in [0.4, 0.5) is 0 Å². The van der Waals surface area contributed by atoms with Gasteiger partial charge in [0.25, 0.3) is 5.91 Å². The Morgan fingerprint density at radius 1 is 1.50 bits per heavy atom. The number of carbonyl (C=O) groups excluding carboxylic acids is 1. The molecule has 1 saturated heterocycles. The molecule has 1 aliphatic heterocycles. The lowest BCUT2D eigenvalue weighted by Gasteiger charge is -2.27. The van der Waals surface area contributed by atoms with Crippen molar-refractivity contribution in [1.29, 1.82) is 0 Å². The molecule has 1 amide bonds. The molecule has 0 spiro atoms. The zero-order valence-corrected chi connectivity index (χ0v) is 9.81. The lowest BCUT2D eigenvalue weighted by atomic mass is 10.1. The lowest BCUT2D eigenvalue weighted by Crippen LogP contribution is -2.42. The number of carbonyl (C=O) groups is 2. The van der Waals surface area contributed by atoms with Crippen LogP contribution >= 0.6 is 0 Å². The molecule has 0 aromatic heterocycles. The van der Waals surface area contributed by atoms with Gasteiger partial charge in [0.15, 0.2) is 0 Å². The monoisotopic (exact) mass is 229 g/mol. The normalized spacial score (nSPS) is 22.5. The molecule has 0 bridgehead atoms. The molecule has 0 aliphatic carbocycles. The van der Waals surface area contributed by atoms with Crippen LogP contribution in [0.25, 0.3) is 0 Å². The summed E-state index contributed by atoms with van der Waals surface area (Å²) in [4.78, 5) is 24.0. The fourth-order valence-electron chi connectivity index (χ4n) is 1.76. The van der Waals surface area contributed by atoms with Crippen molar-refractivity contribution in [2.24, 2.45) is 5.92 Å². The highest BCUT2D eigenvalue weighted by Crippen LogP contribution is 2.15. The van der Waals surface area contributed by atoms with Gasteiger partial charge in [-0.05, 0) is 19.3 Å². The number of aliphatic carboxylic acids is 1. The molecule has 16 heavy (non-hydrogen) atoms. The molecule has 1 N–H and O–H groups in total. The van der Waals surface area contributed by atoms with Crippen molar-refractivity contribution >= 4 is 11.9 Å². The van der Waals surface area contributed by atoms with Crippen LogP contribution in [0.2, 0.25) is 0 Å². The molecule has 1 fully saturated rings. The number of rotatable bonds is 4. The Morgan fingerprint density at radius 3 is 2.69 bits per heavy atom. The lowest BCUT2D eigenvalue weighted by molar-refractivity contribution is -0.148. The summed E-state index contributed by atoms with van der Waals surface area (Å²) in [6, 6.07) is 0. The van der Waals surface area contributed by atoms with Crippen molar-refractivity contribution in [3.8, 4) is 0 Å². The minimum atomic E-state index is -0.885. The van der Waals surface area contributed by atoms with Crippen LogP contribution in [-0.4, -0.2) is 48.2 Å². The summed E-state index contributed by atoms with van der Waals surface area (Å²) >= 11 is 0. The van der Waals surface area contributed by atoms with Gasteiger partial charge >= 0.3 is 5.97 Å². The molecule has 92 valence electrons. The van der Waals surface area contributed by atoms with Gasteiger partial charge in [-0.3, -0.25) is 9.59 Å². The zero-order valence-electron chi connectivity index (χ0n) is 9.81. The van der Waals surface area contributed by atoms with Crippen LogP contribution < -0.4 is 0 Å². The average molecular weight is 229 g/mol. The Balaban J connectivity index is 2.43. The van der Waals surface area contributed by atoms with Gasteiger partial charge < -0.3 is 14.7 Å². The van der Waals surface area contributed by atoms with Crippen LogP contribution in [0.15, 0.2) is 0 Å². The maximum absolute atomic E-state index is 11.9. The maximum Gasteiger partial charge on any atom is 0.308 e. The van der Waals surface area contributed by atoms with E-state index in [1.54, 1.807) is 14.0 Å². The number of carboxylic acids is 1. The number of likely N-dealkylation sites (N-methyl/N-ethyl adjacent to an activating group) is 1. The van der Waals surface area contributed by atoms with E-state index in [0.717, 1.165) is 19.3 Å². The van der Waals surface area contributed by atoms with E-state index in [9.17, 15) is 9.59 Å². The van der Waals surface area contributed by atoms with E-state index in [2.05, 4.69) is 0 Å². The molecule has 0 aromatic carbocycles. The number of nitrogens with zero attached hydrogens (tertiary/aromatic N) is 1. The van der Waals surface area contributed by atoms with E-state index in [1.807, 2.05) is 0 Å². The van der Waals surface area contributed by atoms with Gasteiger partial charge in [0.05, 0.1) is 5.92 Å². The number of carboxylic acid groups (broad SMARTS) is 1. The number of hydrogen-bond donors (Lipinski definition) is 1. The van der Waals surface area contributed by atoms with Crippen molar-refractivity contribution in [3.05, 3.63) is 0 Å². The van der Waals surface area contributed by atoms with Gasteiger partial charge in [-0.25, -0.2) is 0 Å². The minimum absolute atomic E-state index is 0.104. The van der Waals surface area contributed by atoms with Gasteiger partial charge in [0, 0.05) is 20.2 Å². The Labute approximate surface area is 95.4 Å². The zero-order chi connectivity index (χ0) is 12.1. The average Bonchev–Trinajstić information content (AvgIpc) is 2.28. The van der Waals surface area contributed by atoms with Gasteiger partial charge in [-0.1, -0.05) is 6.92 Å². The second kappa shape index (κ2) is 5.84. The molecule has 2 atom stereocenters.